The van der Waals surface area contributed by atoms with E-state index in [0.717, 1.165) is 5.56 Å². The quantitative estimate of drug-likeness (QED) is 0.943. The third-order valence-corrected chi connectivity index (χ3v) is 5.23. The van der Waals surface area contributed by atoms with Gasteiger partial charge in [-0.05, 0) is 18.6 Å². The zero-order chi connectivity index (χ0) is 14.0. The number of aromatic nitrogens is 2. The molecule has 19 heavy (non-hydrogen) atoms. The minimum Gasteiger partial charge on any atom is -0.335 e. The SMILES string of the molecule is CC(c1ccccc1Cl)N(C)S(=O)(=O)c1cnc[nH]1. The molecule has 1 heterocycles. The summed E-state index contributed by atoms with van der Waals surface area (Å²) < 4.78 is 25.9. The summed E-state index contributed by atoms with van der Waals surface area (Å²) in [5.41, 5.74) is 0.759. The van der Waals surface area contributed by atoms with Crippen molar-refractivity contribution in [2.75, 3.05) is 7.05 Å². The van der Waals surface area contributed by atoms with E-state index in [1.165, 1.54) is 23.9 Å². The zero-order valence-electron chi connectivity index (χ0n) is 10.5. The van der Waals surface area contributed by atoms with Crippen LogP contribution in [-0.4, -0.2) is 29.7 Å². The second kappa shape index (κ2) is 5.32. The predicted octanol–water partition coefficient (Wildman–Crippen LogP) is 2.44. The number of H-pyrrole nitrogens is 1. The molecule has 0 bridgehead atoms. The van der Waals surface area contributed by atoms with Gasteiger partial charge in [0.05, 0.1) is 12.5 Å². The molecule has 1 aromatic heterocycles. The third kappa shape index (κ3) is 2.65. The lowest BCUT2D eigenvalue weighted by Gasteiger charge is -2.24. The van der Waals surface area contributed by atoms with Crippen LogP contribution in [0.1, 0.15) is 18.5 Å². The summed E-state index contributed by atoms with van der Waals surface area (Å²) in [5, 5.41) is 0.607. The van der Waals surface area contributed by atoms with Crippen molar-refractivity contribution in [3.63, 3.8) is 0 Å². The van der Waals surface area contributed by atoms with Crippen molar-refractivity contribution in [3.8, 4) is 0 Å². The molecule has 0 saturated carbocycles. The van der Waals surface area contributed by atoms with Crippen LogP contribution in [0.5, 0.6) is 0 Å². The van der Waals surface area contributed by atoms with Gasteiger partial charge in [-0.15, -0.1) is 0 Å². The number of rotatable bonds is 4. The van der Waals surface area contributed by atoms with Crippen LogP contribution in [0.15, 0.2) is 41.8 Å². The fraction of sp³-hybridized carbons (Fsp3) is 0.250. The number of nitrogens with zero attached hydrogens (tertiary/aromatic N) is 2. The molecular formula is C12H14ClN3O2S. The maximum absolute atomic E-state index is 12.3. The van der Waals surface area contributed by atoms with Crippen LogP contribution in [0, 0.1) is 0 Å². The molecule has 5 nitrogen and oxygen atoms in total. The van der Waals surface area contributed by atoms with Gasteiger partial charge in [-0.25, -0.2) is 13.4 Å². The minimum atomic E-state index is -3.60. The molecular weight excluding hydrogens is 286 g/mol. The van der Waals surface area contributed by atoms with Crippen LogP contribution < -0.4 is 0 Å². The van der Waals surface area contributed by atoms with Crippen LogP contribution in [0.4, 0.5) is 0 Å². The highest BCUT2D eigenvalue weighted by Crippen LogP contribution is 2.29. The first-order valence-electron chi connectivity index (χ1n) is 5.65. The predicted molar refractivity (Wildman–Crippen MR) is 73.4 cm³/mol. The summed E-state index contributed by atoms with van der Waals surface area (Å²) in [6.07, 6.45) is 2.62. The summed E-state index contributed by atoms with van der Waals surface area (Å²) in [7, 11) is -2.09. The average molecular weight is 300 g/mol. The lowest BCUT2D eigenvalue weighted by atomic mass is 10.1. The van der Waals surface area contributed by atoms with Crippen molar-refractivity contribution < 1.29 is 8.42 Å². The highest BCUT2D eigenvalue weighted by Gasteiger charge is 2.28. The monoisotopic (exact) mass is 299 g/mol. The Morgan fingerprint density at radius 3 is 2.63 bits per heavy atom. The number of halogens is 1. The molecule has 1 aromatic carbocycles. The first kappa shape index (κ1) is 14.0. The molecule has 0 aliphatic carbocycles. The molecule has 0 spiro atoms. The maximum Gasteiger partial charge on any atom is 0.260 e. The Balaban J connectivity index is 2.35. The number of benzene rings is 1. The summed E-state index contributed by atoms with van der Waals surface area (Å²) in [4.78, 5) is 6.34. The fourth-order valence-electron chi connectivity index (χ4n) is 1.76. The van der Waals surface area contributed by atoms with E-state index in [2.05, 4.69) is 9.97 Å². The molecule has 2 aromatic rings. The topological polar surface area (TPSA) is 66.1 Å². The van der Waals surface area contributed by atoms with Gasteiger partial charge in [0.15, 0.2) is 5.03 Å². The van der Waals surface area contributed by atoms with Gasteiger partial charge in [0.2, 0.25) is 0 Å². The Morgan fingerprint density at radius 2 is 2.05 bits per heavy atom. The Kier molecular flexibility index (Phi) is 3.93. The van der Waals surface area contributed by atoms with E-state index < -0.39 is 10.0 Å². The number of aromatic amines is 1. The summed E-state index contributed by atoms with van der Waals surface area (Å²) in [6.45, 7) is 1.79. The second-order valence-corrected chi connectivity index (χ2v) is 6.51. The molecule has 1 unspecified atom stereocenters. The molecule has 102 valence electrons. The van der Waals surface area contributed by atoms with Crippen molar-refractivity contribution >= 4 is 21.6 Å². The molecule has 0 saturated heterocycles. The van der Waals surface area contributed by atoms with Crippen LogP contribution in [0.2, 0.25) is 5.02 Å². The van der Waals surface area contributed by atoms with Crippen molar-refractivity contribution in [2.24, 2.45) is 0 Å². The molecule has 0 radical (unpaired) electrons. The van der Waals surface area contributed by atoms with Gasteiger partial charge >= 0.3 is 0 Å². The van der Waals surface area contributed by atoms with Gasteiger partial charge in [0, 0.05) is 18.1 Å². The van der Waals surface area contributed by atoms with Crippen LogP contribution >= 0.6 is 11.6 Å². The normalized spacial score (nSPS) is 13.7. The minimum absolute atomic E-state index is 0.0638. The van der Waals surface area contributed by atoms with Crippen molar-refractivity contribution in [3.05, 3.63) is 47.4 Å². The van der Waals surface area contributed by atoms with Crippen molar-refractivity contribution in [2.45, 2.75) is 18.0 Å². The number of hydrogen-bond donors (Lipinski definition) is 1. The Morgan fingerprint density at radius 1 is 1.37 bits per heavy atom. The Labute approximate surface area is 117 Å². The van der Waals surface area contributed by atoms with Gasteiger partial charge in [-0.3, -0.25) is 0 Å². The average Bonchev–Trinajstić information content (AvgIpc) is 2.92. The number of sulfonamides is 1. The van der Waals surface area contributed by atoms with E-state index in [-0.39, 0.29) is 11.1 Å². The largest absolute Gasteiger partial charge is 0.335 e. The summed E-state index contributed by atoms with van der Waals surface area (Å²) in [6, 6.07) is 6.81. The first-order chi connectivity index (χ1) is 8.94. The maximum atomic E-state index is 12.3. The smallest absolute Gasteiger partial charge is 0.260 e. The number of hydrogen-bond acceptors (Lipinski definition) is 3. The van der Waals surface area contributed by atoms with E-state index in [1.54, 1.807) is 13.0 Å². The fourth-order valence-corrected chi connectivity index (χ4v) is 3.29. The van der Waals surface area contributed by atoms with Gasteiger partial charge in [-0.1, -0.05) is 29.8 Å². The van der Waals surface area contributed by atoms with Crippen LogP contribution in [-0.2, 0) is 10.0 Å². The van der Waals surface area contributed by atoms with Gasteiger partial charge < -0.3 is 4.98 Å². The zero-order valence-corrected chi connectivity index (χ0v) is 12.1. The van der Waals surface area contributed by atoms with Gasteiger partial charge in [0.25, 0.3) is 10.0 Å². The van der Waals surface area contributed by atoms with Crippen molar-refractivity contribution in [1.29, 1.82) is 0 Å². The highest BCUT2D eigenvalue weighted by atomic mass is 35.5. The standard InChI is InChI=1S/C12H14ClN3O2S/c1-9(10-5-3-4-6-11(10)13)16(2)19(17,18)12-7-14-8-15-12/h3-9H,1-2H3,(H,14,15). The van der Waals surface area contributed by atoms with Gasteiger partial charge in [0.1, 0.15) is 0 Å². The Bertz CT molecular complexity index is 655. The van der Waals surface area contributed by atoms with E-state index in [9.17, 15) is 8.42 Å². The van der Waals surface area contributed by atoms with Gasteiger partial charge in [-0.2, -0.15) is 4.31 Å². The van der Waals surface area contributed by atoms with E-state index >= 15 is 0 Å². The molecule has 1 N–H and O–H groups in total. The summed E-state index contributed by atoms with van der Waals surface area (Å²) >= 11 is 6.10. The van der Waals surface area contributed by atoms with E-state index in [4.69, 9.17) is 11.6 Å². The molecule has 7 heteroatoms. The molecule has 0 aliphatic rings. The van der Waals surface area contributed by atoms with Crippen LogP contribution in [0.3, 0.4) is 0 Å². The first-order valence-corrected chi connectivity index (χ1v) is 7.47. The number of nitrogens with one attached hydrogen (secondary N) is 1. The molecule has 2 rings (SSSR count). The molecule has 0 fully saturated rings. The summed E-state index contributed by atoms with van der Waals surface area (Å²) in [5.74, 6) is 0. The molecule has 0 amide bonds. The molecule has 1 atom stereocenters. The van der Waals surface area contributed by atoms with E-state index in [0.29, 0.717) is 5.02 Å². The Hall–Kier alpha value is -1.37. The third-order valence-electron chi connectivity index (χ3n) is 3.03. The second-order valence-electron chi connectivity index (χ2n) is 4.13. The van der Waals surface area contributed by atoms with E-state index in [1.807, 2.05) is 18.2 Å². The van der Waals surface area contributed by atoms with Crippen LogP contribution in [0.25, 0.3) is 0 Å². The lowest BCUT2D eigenvalue weighted by Crippen LogP contribution is -2.30. The number of imidazole rings is 1. The highest BCUT2D eigenvalue weighted by molar-refractivity contribution is 7.89. The van der Waals surface area contributed by atoms with Crippen molar-refractivity contribution in [1.82, 2.24) is 14.3 Å². The lowest BCUT2D eigenvalue weighted by molar-refractivity contribution is 0.397. The molecule has 0 aliphatic heterocycles.